The lowest BCUT2D eigenvalue weighted by Crippen LogP contribution is -2.25. The first-order chi connectivity index (χ1) is 7.95. The molecule has 0 saturated carbocycles. The third-order valence-electron chi connectivity index (χ3n) is 2.54. The Labute approximate surface area is 101 Å². The molecule has 0 fully saturated rings. The number of primary amides is 1. The maximum Gasteiger partial charge on any atom is 0.219 e. The van der Waals surface area contributed by atoms with Crippen molar-refractivity contribution in [3.8, 4) is 0 Å². The Balaban J connectivity index is 2.80. The normalized spacial score (nSPS) is 12.4. The highest BCUT2D eigenvalue weighted by Crippen LogP contribution is 2.23. The van der Waals surface area contributed by atoms with Crippen LogP contribution in [-0.2, 0) is 18.3 Å². The van der Waals surface area contributed by atoms with Gasteiger partial charge in [-0.3, -0.25) is 9.48 Å². The second-order valence-corrected chi connectivity index (χ2v) is 4.30. The summed E-state index contributed by atoms with van der Waals surface area (Å²) in [6.07, 6.45) is 2.12. The van der Waals surface area contributed by atoms with Gasteiger partial charge in [0, 0.05) is 19.5 Å². The van der Waals surface area contributed by atoms with Gasteiger partial charge >= 0.3 is 0 Å². The van der Waals surface area contributed by atoms with Crippen LogP contribution in [0.15, 0.2) is 0 Å². The lowest BCUT2D eigenvalue weighted by atomic mass is 10.2. The maximum absolute atomic E-state index is 10.8. The molecule has 0 spiro atoms. The molecule has 17 heavy (non-hydrogen) atoms. The monoisotopic (exact) mass is 239 g/mol. The summed E-state index contributed by atoms with van der Waals surface area (Å²) in [6.45, 7) is 3.97. The summed E-state index contributed by atoms with van der Waals surface area (Å²) in [5.74, 6) is 0.418. The summed E-state index contributed by atoms with van der Waals surface area (Å²) in [7, 11) is 1.83. The Bertz CT molecular complexity index is 399. The van der Waals surface area contributed by atoms with Crippen molar-refractivity contribution in [3.63, 3.8) is 0 Å². The molecular formula is C11H21N5O. The predicted octanol–water partition coefficient (Wildman–Crippen LogP) is 0.631. The molecule has 1 rings (SSSR count). The molecule has 0 aliphatic carbocycles. The molecule has 5 N–H and O–H groups in total. The lowest BCUT2D eigenvalue weighted by molar-refractivity contribution is -0.118. The number of aromatic nitrogens is 2. The zero-order chi connectivity index (χ0) is 13.0. The average Bonchev–Trinajstić information content (AvgIpc) is 2.45. The van der Waals surface area contributed by atoms with E-state index in [0.717, 1.165) is 24.4 Å². The summed E-state index contributed by atoms with van der Waals surface area (Å²) < 4.78 is 1.71. The molecule has 1 amide bonds. The highest BCUT2D eigenvalue weighted by atomic mass is 16.1. The first-order valence-corrected chi connectivity index (χ1v) is 5.81. The fourth-order valence-corrected chi connectivity index (χ4v) is 1.77. The van der Waals surface area contributed by atoms with E-state index in [-0.39, 0.29) is 18.4 Å². The second kappa shape index (κ2) is 5.56. The van der Waals surface area contributed by atoms with Gasteiger partial charge in [0.15, 0.2) is 0 Å². The molecule has 1 heterocycles. The summed E-state index contributed by atoms with van der Waals surface area (Å²) in [4.78, 5) is 10.8. The number of nitrogens with two attached hydrogens (primary N) is 2. The van der Waals surface area contributed by atoms with E-state index in [4.69, 9.17) is 11.5 Å². The van der Waals surface area contributed by atoms with Crippen LogP contribution < -0.4 is 16.8 Å². The number of anilines is 2. The van der Waals surface area contributed by atoms with Gasteiger partial charge < -0.3 is 16.8 Å². The zero-order valence-corrected chi connectivity index (χ0v) is 10.7. The molecular weight excluding hydrogens is 218 g/mol. The van der Waals surface area contributed by atoms with Crippen LogP contribution in [0.5, 0.6) is 0 Å². The first kappa shape index (κ1) is 13.3. The van der Waals surface area contributed by atoms with Crippen LogP contribution in [0.1, 0.15) is 32.4 Å². The maximum atomic E-state index is 10.8. The smallest absolute Gasteiger partial charge is 0.219 e. The van der Waals surface area contributed by atoms with E-state index in [0.29, 0.717) is 5.69 Å². The van der Waals surface area contributed by atoms with E-state index < -0.39 is 0 Å². The molecule has 6 heteroatoms. The van der Waals surface area contributed by atoms with Crippen molar-refractivity contribution >= 4 is 17.4 Å². The van der Waals surface area contributed by atoms with Crippen LogP contribution in [-0.4, -0.2) is 21.7 Å². The van der Waals surface area contributed by atoms with Crippen LogP contribution in [0.4, 0.5) is 11.5 Å². The predicted molar refractivity (Wildman–Crippen MR) is 68.5 cm³/mol. The quantitative estimate of drug-likeness (QED) is 0.678. The van der Waals surface area contributed by atoms with Crippen molar-refractivity contribution in [1.29, 1.82) is 0 Å². The molecule has 0 saturated heterocycles. The van der Waals surface area contributed by atoms with Crippen molar-refractivity contribution < 1.29 is 4.79 Å². The summed E-state index contributed by atoms with van der Waals surface area (Å²) in [5.41, 5.74) is 12.7. The largest absolute Gasteiger partial charge is 0.394 e. The van der Waals surface area contributed by atoms with E-state index in [2.05, 4.69) is 17.3 Å². The van der Waals surface area contributed by atoms with Crippen molar-refractivity contribution in [3.05, 3.63) is 5.69 Å². The van der Waals surface area contributed by atoms with Crippen LogP contribution in [0, 0.1) is 0 Å². The van der Waals surface area contributed by atoms with Gasteiger partial charge in [-0.15, -0.1) is 0 Å². The highest BCUT2D eigenvalue weighted by Gasteiger charge is 2.15. The third-order valence-corrected chi connectivity index (χ3v) is 2.54. The molecule has 0 radical (unpaired) electrons. The number of hydrogen-bond donors (Lipinski definition) is 3. The topological polar surface area (TPSA) is 99.0 Å². The number of nitrogens with zero attached hydrogens (tertiary/aromatic N) is 2. The second-order valence-electron chi connectivity index (χ2n) is 4.30. The number of carbonyl (C=O) groups is 1. The number of hydrogen-bond acceptors (Lipinski definition) is 4. The van der Waals surface area contributed by atoms with Crippen molar-refractivity contribution in [1.82, 2.24) is 9.78 Å². The molecule has 1 aromatic heterocycles. The fraction of sp³-hybridized carbons (Fsp3) is 0.636. The van der Waals surface area contributed by atoms with Gasteiger partial charge in [-0.1, -0.05) is 13.3 Å². The van der Waals surface area contributed by atoms with Crippen LogP contribution in [0.2, 0.25) is 0 Å². The Morgan fingerprint density at radius 2 is 2.24 bits per heavy atom. The van der Waals surface area contributed by atoms with Crippen molar-refractivity contribution in [2.24, 2.45) is 12.8 Å². The van der Waals surface area contributed by atoms with Gasteiger partial charge in [0.25, 0.3) is 0 Å². The Morgan fingerprint density at radius 1 is 1.59 bits per heavy atom. The summed E-state index contributed by atoms with van der Waals surface area (Å²) in [5, 5.41) is 7.51. The van der Waals surface area contributed by atoms with Crippen LogP contribution in [0.3, 0.4) is 0 Å². The first-order valence-electron chi connectivity index (χ1n) is 5.81. The van der Waals surface area contributed by atoms with E-state index in [1.807, 2.05) is 14.0 Å². The lowest BCUT2D eigenvalue weighted by Gasteiger charge is -2.14. The van der Waals surface area contributed by atoms with E-state index in [1.165, 1.54) is 0 Å². The molecule has 96 valence electrons. The zero-order valence-electron chi connectivity index (χ0n) is 10.7. The van der Waals surface area contributed by atoms with Crippen LogP contribution in [0.25, 0.3) is 0 Å². The van der Waals surface area contributed by atoms with Gasteiger partial charge in [-0.05, 0) is 13.3 Å². The highest BCUT2D eigenvalue weighted by molar-refractivity contribution is 5.75. The van der Waals surface area contributed by atoms with Gasteiger partial charge in [0.05, 0.1) is 11.4 Å². The standard InChI is InChI=1S/C11H21N5O/c1-4-5-8-10(13)11(16(3)15-8)14-7(2)6-9(12)17/h7,14H,4-6,13H2,1-3H3,(H2,12,17). The van der Waals surface area contributed by atoms with Gasteiger partial charge in [-0.25, -0.2) is 0 Å². The van der Waals surface area contributed by atoms with Gasteiger partial charge in [-0.2, -0.15) is 5.10 Å². The molecule has 0 aliphatic rings. The van der Waals surface area contributed by atoms with Crippen LogP contribution >= 0.6 is 0 Å². The molecule has 1 aromatic rings. The SMILES string of the molecule is CCCc1nn(C)c(NC(C)CC(N)=O)c1N. The minimum absolute atomic E-state index is 0.0559. The molecule has 0 bridgehead atoms. The van der Waals surface area contributed by atoms with Crippen molar-refractivity contribution in [2.75, 3.05) is 11.1 Å². The average molecular weight is 239 g/mol. The van der Waals surface area contributed by atoms with E-state index in [9.17, 15) is 4.79 Å². The number of aryl methyl sites for hydroxylation is 2. The number of rotatable bonds is 6. The number of nitrogen functional groups attached to an aromatic ring is 1. The molecule has 0 aromatic carbocycles. The minimum atomic E-state index is -0.334. The fourth-order valence-electron chi connectivity index (χ4n) is 1.77. The van der Waals surface area contributed by atoms with E-state index in [1.54, 1.807) is 4.68 Å². The summed E-state index contributed by atoms with van der Waals surface area (Å²) >= 11 is 0. The van der Waals surface area contributed by atoms with Gasteiger partial charge in [0.2, 0.25) is 5.91 Å². The summed E-state index contributed by atoms with van der Waals surface area (Å²) in [6, 6.07) is -0.0559. The van der Waals surface area contributed by atoms with Crippen molar-refractivity contribution in [2.45, 2.75) is 39.2 Å². The number of carbonyl (C=O) groups excluding carboxylic acids is 1. The number of amides is 1. The Morgan fingerprint density at radius 3 is 2.76 bits per heavy atom. The molecule has 6 nitrogen and oxygen atoms in total. The Hall–Kier alpha value is -1.72. The van der Waals surface area contributed by atoms with E-state index >= 15 is 0 Å². The molecule has 1 unspecified atom stereocenters. The number of nitrogens with one attached hydrogen (secondary N) is 1. The Kier molecular flexibility index (Phi) is 4.37. The molecule has 1 atom stereocenters. The molecule has 0 aliphatic heterocycles. The van der Waals surface area contributed by atoms with Gasteiger partial charge in [0.1, 0.15) is 5.82 Å². The minimum Gasteiger partial charge on any atom is -0.394 e. The third kappa shape index (κ3) is 3.37.